The van der Waals surface area contributed by atoms with Gasteiger partial charge in [0.2, 0.25) is 16.6 Å². The van der Waals surface area contributed by atoms with E-state index in [4.69, 9.17) is 30.2 Å². The van der Waals surface area contributed by atoms with E-state index in [-0.39, 0.29) is 33.4 Å². The number of hydrogen-bond donors (Lipinski definition) is 0. The molecule has 0 atom stereocenters. The molecule has 21 heavy (non-hydrogen) atoms. The molecule has 0 unspecified atom stereocenters. The Hall–Kier alpha value is -1.42. The van der Waals surface area contributed by atoms with Crippen LogP contribution in [0.5, 0.6) is 0 Å². The van der Waals surface area contributed by atoms with Crippen molar-refractivity contribution in [1.29, 1.82) is 0 Å². The fourth-order valence-corrected chi connectivity index (χ4v) is 0. The number of hydrogen-bond acceptors (Lipinski definition) is 1. The molecule has 0 aliphatic heterocycles. The summed E-state index contributed by atoms with van der Waals surface area (Å²) in [6, 6.07) is 0. The number of nitrogens with zero attached hydrogens (tertiary/aromatic N) is 4. The van der Waals surface area contributed by atoms with Gasteiger partial charge in [-0.3, -0.25) is 0 Å². The molecule has 0 aromatic rings. The van der Waals surface area contributed by atoms with Crippen LogP contribution in [0.3, 0.4) is 0 Å². The normalized spacial score (nSPS) is 9.05. The Morgan fingerprint density at radius 2 is 0.619 bits per heavy atom. The zero-order valence-electron chi connectivity index (χ0n) is 14.5. The fourth-order valence-electron chi connectivity index (χ4n) is 0. The minimum atomic E-state index is -0.167. The summed E-state index contributed by atoms with van der Waals surface area (Å²) in [5.74, 6) is 0. The molecule has 0 aromatic carbocycles. The Labute approximate surface area is 140 Å². The molecule has 0 heterocycles. The van der Waals surface area contributed by atoms with E-state index in [1.807, 2.05) is 62.3 Å². The number of rotatable bonds is 0. The van der Waals surface area contributed by atoms with Crippen LogP contribution in [0.25, 0.3) is 20.1 Å². The van der Waals surface area contributed by atoms with Crippen LogP contribution in [0.1, 0.15) is 62.3 Å². The summed E-state index contributed by atoms with van der Waals surface area (Å²) >= 11 is 0. The molecule has 0 N–H and O–H groups in total. The third kappa shape index (κ3) is 88.9. The van der Waals surface area contributed by atoms with Crippen LogP contribution in [-0.4, -0.2) is 16.6 Å². The topological polar surface area (TPSA) is 52.5 Å². The molecule has 6 heteroatoms. The largest absolute Gasteiger partial charge is 0.577 e. The van der Waals surface area contributed by atoms with Crippen LogP contribution in [0, 0.1) is 24.6 Å². The SMILES string of the molecule is [C-]#[N+]C(C)(C)C.[C-]#[N+]C(C)(C)C.[C-]#[N+]C(C)(C)C.[Co].[N-]=O. The van der Waals surface area contributed by atoms with Crippen molar-refractivity contribution in [3.8, 4) is 0 Å². The van der Waals surface area contributed by atoms with Crippen molar-refractivity contribution >= 4 is 0 Å². The summed E-state index contributed by atoms with van der Waals surface area (Å²) < 4.78 is 0. The van der Waals surface area contributed by atoms with Crippen LogP contribution in [0.4, 0.5) is 0 Å². The Morgan fingerprint density at radius 1 is 0.571 bits per heavy atom. The maximum atomic E-state index is 7.25. The molecule has 1 radical (unpaired) electrons. The van der Waals surface area contributed by atoms with E-state index in [2.05, 4.69) is 14.5 Å². The zero-order chi connectivity index (χ0) is 17.6. The Morgan fingerprint density at radius 3 is 0.619 bits per heavy atom. The number of nitroso groups, excluding NO2 is 1. The molecule has 0 amide bonds. The molecule has 0 aliphatic rings. The first-order chi connectivity index (χ1) is 8.68. The molecule has 5 nitrogen and oxygen atoms in total. The molecule has 0 fully saturated rings. The van der Waals surface area contributed by atoms with E-state index in [0.717, 1.165) is 0 Å². The van der Waals surface area contributed by atoms with E-state index in [1.54, 1.807) is 0 Å². The van der Waals surface area contributed by atoms with Gasteiger partial charge in [0.1, 0.15) is 0 Å². The maximum absolute atomic E-state index is 7.25. The van der Waals surface area contributed by atoms with Crippen molar-refractivity contribution in [3.05, 3.63) is 44.8 Å². The Bertz CT molecular complexity index is 297. The molecule has 0 spiro atoms. The van der Waals surface area contributed by atoms with Gasteiger partial charge >= 0.3 is 0 Å². The average Bonchev–Trinajstić information content (AvgIpc) is 2.30. The van der Waals surface area contributed by atoms with Gasteiger partial charge in [0.15, 0.2) is 0 Å². The predicted octanol–water partition coefficient (Wildman–Crippen LogP) is 5.43. The van der Waals surface area contributed by atoms with Gasteiger partial charge in [0.25, 0.3) is 0 Å². The first kappa shape index (κ1) is 31.8. The van der Waals surface area contributed by atoms with E-state index < -0.39 is 0 Å². The predicted molar refractivity (Wildman–Crippen MR) is 85.8 cm³/mol. The smallest absolute Gasteiger partial charge is 0.224 e. The van der Waals surface area contributed by atoms with Crippen molar-refractivity contribution < 1.29 is 16.8 Å². The summed E-state index contributed by atoms with van der Waals surface area (Å²) in [6.07, 6.45) is 0. The zero-order valence-corrected chi connectivity index (χ0v) is 15.6. The average molecular weight is 338 g/mol. The third-order valence-electron chi connectivity index (χ3n) is 1.01. The first-order valence-corrected chi connectivity index (χ1v) is 6.02. The van der Waals surface area contributed by atoms with Crippen molar-refractivity contribution in [1.82, 2.24) is 0 Å². The van der Waals surface area contributed by atoms with Gasteiger partial charge in [0.05, 0.1) is 0 Å². The summed E-state index contributed by atoms with van der Waals surface area (Å²) in [5.41, 5.74) is 5.25. The van der Waals surface area contributed by atoms with Crippen molar-refractivity contribution in [2.75, 3.05) is 0 Å². The molecule has 0 saturated carbocycles. The van der Waals surface area contributed by atoms with Gasteiger partial charge in [-0.1, -0.05) is 0 Å². The van der Waals surface area contributed by atoms with Crippen LogP contribution < -0.4 is 0 Å². The van der Waals surface area contributed by atoms with Gasteiger partial charge in [0, 0.05) is 79.1 Å². The quantitative estimate of drug-likeness (QED) is 0.543. The summed E-state index contributed by atoms with van der Waals surface area (Å²) in [6.45, 7) is 36.4. The molecule has 0 aliphatic carbocycles. The van der Waals surface area contributed by atoms with Crippen LogP contribution in [0.2, 0.25) is 0 Å². The van der Waals surface area contributed by atoms with Gasteiger partial charge < -0.3 is 25.0 Å². The van der Waals surface area contributed by atoms with Gasteiger partial charge in [-0.05, 0) is 0 Å². The molecule has 0 saturated heterocycles. The minimum Gasteiger partial charge on any atom is -0.577 e. The summed E-state index contributed by atoms with van der Waals surface area (Å²) in [4.78, 5) is 17.1. The monoisotopic (exact) mass is 338 g/mol. The van der Waals surface area contributed by atoms with E-state index in [9.17, 15) is 0 Å². The second-order valence-corrected chi connectivity index (χ2v) is 6.85. The fraction of sp³-hybridized carbons (Fsp3) is 0.800. The summed E-state index contributed by atoms with van der Waals surface area (Å²) in [7, 11) is 0. The molecule has 0 rings (SSSR count). The van der Waals surface area contributed by atoms with Gasteiger partial charge in [-0.25, -0.2) is 19.7 Å². The minimum absolute atomic E-state index is 0. The second kappa shape index (κ2) is 15.0. The third-order valence-corrected chi connectivity index (χ3v) is 1.01. The Balaban J connectivity index is -0.0000000561. The van der Waals surface area contributed by atoms with Crippen molar-refractivity contribution in [3.63, 3.8) is 0 Å². The van der Waals surface area contributed by atoms with Crippen LogP contribution >= 0.6 is 0 Å². The van der Waals surface area contributed by atoms with E-state index in [0.29, 0.717) is 0 Å². The van der Waals surface area contributed by atoms with Gasteiger partial charge in [-0.2, -0.15) is 0 Å². The Kier molecular flexibility index (Phi) is 22.7. The maximum Gasteiger partial charge on any atom is 0.224 e. The summed E-state index contributed by atoms with van der Waals surface area (Å²) in [5, 5.41) is 0. The first-order valence-electron chi connectivity index (χ1n) is 6.02. The molecule has 0 bridgehead atoms. The van der Waals surface area contributed by atoms with Crippen LogP contribution in [0.15, 0.2) is 0 Å². The molecule has 0 aromatic heterocycles. The molecule has 123 valence electrons. The molecular weight excluding hydrogens is 311 g/mol. The van der Waals surface area contributed by atoms with Gasteiger partial charge in [-0.15, -0.1) is 0 Å². The van der Waals surface area contributed by atoms with Crippen LogP contribution in [-0.2, 0) is 16.8 Å². The second-order valence-electron chi connectivity index (χ2n) is 6.85. The van der Waals surface area contributed by atoms with E-state index in [1.165, 1.54) is 0 Å². The molecular formula is C15H27CoN4O-. The van der Waals surface area contributed by atoms with Crippen molar-refractivity contribution in [2.24, 2.45) is 0 Å². The van der Waals surface area contributed by atoms with E-state index >= 15 is 0 Å². The standard InChI is InChI=1S/3C5H9N.Co.NO/c3*1-5(2,3)6-4;;1-2/h3*1-3H3;;/q;;;;-1. The van der Waals surface area contributed by atoms with Crippen molar-refractivity contribution in [2.45, 2.75) is 78.9 Å².